The number of nitrogens with zero attached hydrogens (tertiary/aromatic N) is 1. The second kappa shape index (κ2) is 2.92. The van der Waals surface area contributed by atoms with Gasteiger partial charge in [0, 0.05) is 0 Å². The summed E-state index contributed by atoms with van der Waals surface area (Å²) in [7, 11) is 0. The van der Waals surface area contributed by atoms with Crippen LogP contribution in [0.4, 0.5) is 0 Å². The Morgan fingerprint density at radius 1 is 2.00 bits per heavy atom. The number of hydrogen-bond acceptors (Lipinski definition) is 2. The second-order valence-electron chi connectivity index (χ2n) is 0.315. The SMILES string of the molecule is O=C=[N][GeH3]. The van der Waals surface area contributed by atoms with Gasteiger partial charge in [-0.15, -0.1) is 0 Å². The Morgan fingerprint density at radius 2 is 2.25 bits per heavy atom. The van der Waals surface area contributed by atoms with Gasteiger partial charge in [0.05, 0.1) is 0 Å². The van der Waals surface area contributed by atoms with Crippen molar-refractivity contribution in [2.75, 3.05) is 0 Å². The molecule has 0 radical (unpaired) electrons. The summed E-state index contributed by atoms with van der Waals surface area (Å²) in [5.41, 5.74) is 0. The summed E-state index contributed by atoms with van der Waals surface area (Å²) in [5, 5.41) is 0. The van der Waals surface area contributed by atoms with E-state index in [4.69, 9.17) is 4.79 Å². The van der Waals surface area contributed by atoms with E-state index >= 15 is 0 Å². The zero-order valence-corrected chi connectivity index (χ0v) is 6.55. The summed E-state index contributed by atoms with van der Waals surface area (Å²) in [5.74, 6) is 0. The van der Waals surface area contributed by atoms with Crippen LogP contribution >= 0.6 is 0 Å². The second-order valence-corrected chi connectivity index (χ2v) is 1.25. The average molecular weight is 118 g/mol. The molecular weight excluding hydrogens is 115 g/mol. The first-order chi connectivity index (χ1) is 1.91. The normalized spacial score (nSPS) is 5.00. The summed E-state index contributed by atoms with van der Waals surface area (Å²) < 4.78 is 3.12. The third-order valence-electron chi connectivity index (χ3n) is 0.0913. The standard InChI is InChI=1S/CH3GeNO/c2-3-1-4/h2H3. The molecule has 0 aromatic carbocycles. The van der Waals surface area contributed by atoms with E-state index in [9.17, 15) is 0 Å². The molecule has 0 unspecified atom stereocenters. The molecule has 0 saturated carbocycles. The van der Waals surface area contributed by atoms with Crippen LogP contribution in [0.15, 0.2) is 3.95 Å². The molecule has 0 aliphatic rings. The van der Waals surface area contributed by atoms with Crippen molar-refractivity contribution in [1.82, 2.24) is 0 Å². The summed E-state index contributed by atoms with van der Waals surface area (Å²) in [6, 6.07) is 0. The van der Waals surface area contributed by atoms with Gasteiger partial charge >= 0.3 is 31.6 Å². The third-order valence-corrected chi connectivity index (χ3v) is 0.474. The average Bonchev–Trinajstić information content (AvgIpc) is 1.37. The van der Waals surface area contributed by atoms with Crippen molar-refractivity contribution < 1.29 is 4.79 Å². The van der Waals surface area contributed by atoms with Gasteiger partial charge < -0.3 is 0 Å². The van der Waals surface area contributed by atoms with E-state index < -0.39 is 0 Å². The molecule has 0 rings (SSSR count). The summed E-state index contributed by atoms with van der Waals surface area (Å²) >= 11 is 0.314. The Morgan fingerprint density at radius 3 is 2.25 bits per heavy atom. The Balaban J connectivity index is 3.11. The van der Waals surface area contributed by atoms with Crippen LogP contribution in [0, 0.1) is 0 Å². The summed E-state index contributed by atoms with van der Waals surface area (Å²) in [4.78, 5) is 8.93. The van der Waals surface area contributed by atoms with Crippen LogP contribution in [0.2, 0.25) is 0 Å². The number of isocyanates is 1. The molecule has 0 spiro atoms. The molecule has 2 nitrogen and oxygen atoms in total. The molecule has 22 valence electrons. The van der Waals surface area contributed by atoms with Gasteiger partial charge in [0.25, 0.3) is 0 Å². The zero-order chi connectivity index (χ0) is 3.41. The van der Waals surface area contributed by atoms with Crippen molar-refractivity contribution in [3.8, 4) is 0 Å². The van der Waals surface area contributed by atoms with Gasteiger partial charge in [0.2, 0.25) is 0 Å². The van der Waals surface area contributed by atoms with Gasteiger partial charge in [-0.1, -0.05) is 0 Å². The molecule has 0 atom stereocenters. The molecule has 0 amide bonds. The Labute approximate surface area is 32.4 Å². The number of hydrogen-bond donors (Lipinski definition) is 0. The molecule has 0 saturated heterocycles. The maximum atomic E-state index is 8.93. The Hall–Kier alpha value is -0.0771. The van der Waals surface area contributed by atoms with Crippen molar-refractivity contribution in [3.05, 3.63) is 0 Å². The van der Waals surface area contributed by atoms with Crippen LogP contribution in [-0.2, 0) is 4.79 Å². The van der Waals surface area contributed by atoms with Crippen LogP contribution < -0.4 is 0 Å². The van der Waals surface area contributed by atoms with Crippen molar-refractivity contribution >= 4 is 22.8 Å². The molecule has 0 fully saturated rings. The van der Waals surface area contributed by atoms with E-state index in [1.165, 1.54) is 6.08 Å². The van der Waals surface area contributed by atoms with Crippen molar-refractivity contribution in [2.45, 2.75) is 0 Å². The first-order valence-electron chi connectivity index (χ1n) is 0.875. The van der Waals surface area contributed by atoms with Gasteiger partial charge in [-0.2, -0.15) is 0 Å². The molecule has 0 aliphatic carbocycles. The molecule has 4 heavy (non-hydrogen) atoms. The van der Waals surface area contributed by atoms with E-state index in [0.717, 1.165) is 0 Å². The van der Waals surface area contributed by atoms with Crippen LogP contribution in [0.25, 0.3) is 0 Å². The quantitative estimate of drug-likeness (QED) is 0.218. The predicted molar refractivity (Wildman–Crippen MR) is 18.1 cm³/mol. The van der Waals surface area contributed by atoms with Crippen molar-refractivity contribution in [2.24, 2.45) is 3.95 Å². The van der Waals surface area contributed by atoms with Crippen LogP contribution in [0.3, 0.4) is 0 Å². The molecule has 0 heterocycles. The minimum atomic E-state index is 0.314. The maximum absolute atomic E-state index is 8.93. The Kier molecular flexibility index (Phi) is 2.87. The molecule has 0 bridgehead atoms. The molecular formula is CH3GeNO. The molecule has 0 aromatic heterocycles. The minimum absolute atomic E-state index is 0.314. The molecule has 0 N–H and O–H groups in total. The van der Waals surface area contributed by atoms with Gasteiger partial charge in [-0.3, -0.25) is 0 Å². The van der Waals surface area contributed by atoms with Crippen molar-refractivity contribution in [1.29, 1.82) is 0 Å². The fourth-order valence-corrected chi connectivity index (χ4v) is 0. The van der Waals surface area contributed by atoms with E-state index in [2.05, 4.69) is 3.95 Å². The van der Waals surface area contributed by atoms with Gasteiger partial charge in [0.15, 0.2) is 0 Å². The molecule has 3 heteroatoms. The topological polar surface area (TPSA) is 29.4 Å². The van der Waals surface area contributed by atoms with Gasteiger partial charge in [0.1, 0.15) is 0 Å². The van der Waals surface area contributed by atoms with Crippen LogP contribution in [0.5, 0.6) is 0 Å². The van der Waals surface area contributed by atoms with Gasteiger partial charge in [-0.25, -0.2) is 0 Å². The molecule has 0 aliphatic heterocycles. The third kappa shape index (κ3) is 1.92. The van der Waals surface area contributed by atoms with Crippen molar-refractivity contribution in [3.63, 3.8) is 0 Å². The first-order valence-corrected chi connectivity index (χ1v) is 2.75. The van der Waals surface area contributed by atoms with E-state index in [0.29, 0.717) is 16.7 Å². The zero-order valence-electron chi connectivity index (χ0n) is 2.36. The predicted octanol–water partition coefficient (Wildman–Crippen LogP) is -1.40. The van der Waals surface area contributed by atoms with E-state index in [1.54, 1.807) is 0 Å². The summed E-state index contributed by atoms with van der Waals surface area (Å²) in [6.07, 6.45) is 1.39. The van der Waals surface area contributed by atoms with E-state index in [-0.39, 0.29) is 0 Å². The van der Waals surface area contributed by atoms with Crippen LogP contribution in [0.1, 0.15) is 0 Å². The van der Waals surface area contributed by atoms with Crippen LogP contribution in [-0.4, -0.2) is 22.8 Å². The fraction of sp³-hybridized carbons (Fsp3) is 0. The number of carbonyl (C=O) groups excluding carboxylic acids is 1. The first kappa shape index (κ1) is 3.92. The fourth-order valence-electron chi connectivity index (χ4n) is 0. The Bertz CT molecular complexity index is 46.0. The summed E-state index contributed by atoms with van der Waals surface area (Å²) in [6.45, 7) is 0. The van der Waals surface area contributed by atoms with E-state index in [1.807, 2.05) is 0 Å². The monoisotopic (exact) mass is 119 g/mol. The number of rotatable bonds is 0. The molecule has 0 aromatic rings. The van der Waals surface area contributed by atoms with Gasteiger partial charge in [-0.05, 0) is 0 Å².